The molecule has 2 aromatic carbocycles. The Balaban J connectivity index is 1.56. The predicted molar refractivity (Wildman–Crippen MR) is 108 cm³/mol. The molecule has 1 atom stereocenters. The summed E-state index contributed by atoms with van der Waals surface area (Å²) in [4.78, 5) is 25.8. The molecule has 0 radical (unpaired) electrons. The number of Topliss-reactive ketones (excluding diaryl/α,β-unsaturated/α-hetero) is 1. The highest BCUT2D eigenvalue weighted by Gasteiger charge is 2.36. The van der Waals surface area contributed by atoms with Crippen LogP contribution in [0.25, 0.3) is 5.69 Å². The summed E-state index contributed by atoms with van der Waals surface area (Å²) in [6.45, 7) is 1.98. The number of nitrogens with zero attached hydrogens (tertiary/aromatic N) is 2. The number of ketones is 1. The van der Waals surface area contributed by atoms with E-state index in [1.807, 2.05) is 31.2 Å². The molecule has 30 heavy (non-hydrogen) atoms. The zero-order valence-electron chi connectivity index (χ0n) is 16.5. The first-order valence-corrected chi connectivity index (χ1v) is 9.53. The summed E-state index contributed by atoms with van der Waals surface area (Å²) in [5, 5.41) is 7.49. The first-order valence-electron chi connectivity index (χ1n) is 9.53. The monoisotopic (exact) mass is 405 g/mol. The molecule has 0 bridgehead atoms. The van der Waals surface area contributed by atoms with Crippen LogP contribution in [-0.4, -0.2) is 35.4 Å². The molecule has 0 spiro atoms. The second-order valence-corrected chi connectivity index (χ2v) is 7.19. The molecule has 0 fully saturated rings. The fraction of sp³-hybridized carbons (Fsp3) is 0.227. The first kappa shape index (κ1) is 18.2. The Bertz CT molecular complexity index is 1170. The first-order chi connectivity index (χ1) is 14.5. The fourth-order valence-corrected chi connectivity index (χ4v) is 3.93. The number of amides is 1. The third-order valence-corrected chi connectivity index (χ3v) is 5.39. The average Bonchev–Trinajstić information content (AvgIpc) is 3.36. The summed E-state index contributed by atoms with van der Waals surface area (Å²) in [5.74, 6) is 1.38. The molecule has 8 nitrogen and oxygen atoms in total. The van der Waals surface area contributed by atoms with Crippen molar-refractivity contribution in [3.05, 3.63) is 59.3 Å². The number of carbonyl (C=O) groups excluding carboxylic acids is 2. The highest BCUT2D eigenvalue weighted by Crippen LogP contribution is 2.40. The van der Waals surface area contributed by atoms with E-state index in [1.165, 1.54) is 0 Å². The van der Waals surface area contributed by atoms with Gasteiger partial charge in [-0.3, -0.25) is 9.59 Å². The summed E-state index contributed by atoms with van der Waals surface area (Å²) in [5.41, 5.74) is 2.66. The van der Waals surface area contributed by atoms with Crippen molar-refractivity contribution in [1.82, 2.24) is 9.78 Å². The molecule has 8 heteroatoms. The van der Waals surface area contributed by atoms with Crippen LogP contribution in [0.1, 0.15) is 34.0 Å². The molecule has 3 aromatic rings. The van der Waals surface area contributed by atoms with Crippen molar-refractivity contribution in [2.75, 3.05) is 19.2 Å². The van der Waals surface area contributed by atoms with Crippen LogP contribution in [0.4, 0.5) is 5.82 Å². The largest absolute Gasteiger partial charge is 0.497 e. The molecule has 5 rings (SSSR count). The van der Waals surface area contributed by atoms with Gasteiger partial charge in [0.25, 0.3) is 0 Å². The maximum Gasteiger partial charge on any atom is 0.231 e. The van der Waals surface area contributed by atoms with E-state index in [1.54, 1.807) is 30.0 Å². The Morgan fingerprint density at radius 1 is 1.17 bits per heavy atom. The van der Waals surface area contributed by atoms with Gasteiger partial charge in [-0.25, -0.2) is 4.68 Å². The van der Waals surface area contributed by atoms with Crippen LogP contribution < -0.4 is 19.5 Å². The van der Waals surface area contributed by atoms with E-state index in [4.69, 9.17) is 14.2 Å². The van der Waals surface area contributed by atoms with E-state index in [2.05, 4.69) is 10.4 Å². The third kappa shape index (κ3) is 2.88. The summed E-state index contributed by atoms with van der Waals surface area (Å²) < 4.78 is 17.6. The normalized spacial score (nSPS) is 16.7. The van der Waals surface area contributed by atoms with Crippen LogP contribution >= 0.6 is 0 Å². The topological polar surface area (TPSA) is 91.7 Å². The van der Waals surface area contributed by atoms with Crippen molar-refractivity contribution in [3.8, 4) is 22.9 Å². The van der Waals surface area contributed by atoms with E-state index in [0.29, 0.717) is 28.6 Å². The number of ether oxygens (including phenoxy) is 3. The molecule has 2 aliphatic rings. The van der Waals surface area contributed by atoms with Crippen LogP contribution in [0.2, 0.25) is 0 Å². The zero-order chi connectivity index (χ0) is 20.8. The van der Waals surface area contributed by atoms with E-state index < -0.39 is 5.92 Å². The second kappa shape index (κ2) is 6.91. The molecular weight excluding hydrogens is 386 g/mol. The van der Waals surface area contributed by atoms with Gasteiger partial charge in [-0.1, -0.05) is 0 Å². The quantitative estimate of drug-likeness (QED) is 0.670. The van der Waals surface area contributed by atoms with E-state index in [-0.39, 0.29) is 24.9 Å². The van der Waals surface area contributed by atoms with Crippen LogP contribution in [0.15, 0.2) is 42.5 Å². The van der Waals surface area contributed by atoms with Crippen LogP contribution in [0.5, 0.6) is 17.2 Å². The second-order valence-electron chi connectivity index (χ2n) is 7.19. The zero-order valence-corrected chi connectivity index (χ0v) is 16.5. The number of nitrogens with one attached hydrogen (secondary N) is 1. The molecule has 0 saturated heterocycles. The van der Waals surface area contributed by atoms with Crippen molar-refractivity contribution in [2.45, 2.75) is 19.3 Å². The highest BCUT2D eigenvalue weighted by molar-refractivity contribution is 6.08. The molecule has 3 heterocycles. The number of aromatic nitrogens is 2. The summed E-state index contributed by atoms with van der Waals surface area (Å²) >= 11 is 0. The number of hydrogen-bond donors (Lipinski definition) is 1. The Morgan fingerprint density at radius 3 is 2.70 bits per heavy atom. The van der Waals surface area contributed by atoms with Gasteiger partial charge >= 0.3 is 0 Å². The van der Waals surface area contributed by atoms with Crippen LogP contribution in [0.3, 0.4) is 0 Å². The number of carbonyl (C=O) groups is 2. The van der Waals surface area contributed by atoms with Gasteiger partial charge in [0.15, 0.2) is 17.3 Å². The van der Waals surface area contributed by atoms with Gasteiger partial charge in [0.05, 0.1) is 24.4 Å². The van der Waals surface area contributed by atoms with E-state index in [9.17, 15) is 9.59 Å². The number of anilines is 1. The highest BCUT2D eigenvalue weighted by atomic mass is 16.7. The summed E-state index contributed by atoms with van der Waals surface area (Å²) in [6, 6.07) is 12.4. The molecule has 1 aromatic heterocycles. The molecule has 152 valence electrons. The van der Waals surface area contributed by atoms with Gasteiger partial charge in [-0.05, 0) is 49.4 Å². The van der Waals surface area contributed by atoms with E-state index in [0.717, 1.165) is 17.0 Å². The lowest BCUT2D eigenvalue weighted by molar-refractivity contribution is -0.116. The van der Waals surface area contributed by atoms with Crippen LogP contribution in [0, 0.1) is 6.92 Å². The maximum absolute atomic E-state index is 13.4. The predicted octanol–water partition coefficient (Wildman–Crippen LogP) is 3.23. The standard InChI is InChI=1S/C22H19N3O5/c1-12-20-16(21(27)13-3-8-17-18(9-13)30-11-29-17)10-19(26)23-22(20)25(24-12)14-4-6-15(28-2)7-5-14/h3-9,16H,10-11H2,1-2H3,(H,23,26)/t16-/m0/s1. The minimum Gasteiger partial charge on any atom is -0.497 e. The molecule has 0 saturated carbocycles. The Morgan fingerprint density at radius 2 is 1.93 bits per heavy atom. The Labute approximate surface area is 172 Å². The van der Waals surface area contributed by atoms with Gasteiger partial charge in [0.1, 0.15) is 11.6 Å². The SMILES string of the molecule is COc1ccc(-n2nc(C)c3c2NC(=O)C[C@@H]3C(=O)c2ccc3c(c2)OCO3)cc1. The van der Waals surface area contributed by atoms with Crippen molar-refractivity contribution < 1.29 is 23.8 Å². The smallest absolute Gasteiger partial charge is 0.231 e. The van der Waals surface area contributed by atoms with E-state index >= 15 is 0 Å². The van der Waals surface area contributed by atoms with Gasteiger partial charge in [0.2, 0.25) is 12.7 Å². The van der Waals surface area contributed by atoms with Crippen molar-refractivity contribution in [2.24, 2.45) is 0 Å². The van der Waals surface area contributed by atoms with Gasteiger partial charge in [-0.15, -0.1) is 0 Å². The number of aryl methyl sites for hydroxylation is 1. The molecule has 0 unspecified atom stereocenters. The van der Waals surface area contributed by atoms with Gasteiger partial charge < -0.3 is 19.5 Å². The fourth-order valence-electron chi connectivity index (χ4n) is 3.93. The molecule has 1 amide bonds. The minimum absolute atomic E-state index is 0.0649. The number of rotatable bonds is 4. The number of benzene rings is 2. The van der Waals surface area contributed by atoms with Crippen molar-refractivity contribution >= 4 is 17.5 Å². The lowest BCUT2D eigenvalue weighted by atomic mass is 9.85. The Kier molecular flexibility index (Phi) is 4.20. The minimum atomic E-state index is -0.624. The van der Waals surface area contributed by atoms with Gasteiger partial charge in [-0.2, -0.15) is 5.10 Å². The van der Waals surface area contributed by atoms with Crippen molar-refractivity contribution in [3.63, 3.8) is 0 Å². The molecule has 2 aliphatic heterocycles. The summed E-state index contributed by atoms with van der Waals surface area (Å²) in [6.07, 6.45) is 0.0649. The molecule has 1 N–H and O–H groups in total. The van der Waals surface area contributed by atoms with Gasteiger partial charge in [0, 0.05) is 17.5 Å². The number of methoxy groups -OCH3 is 1. The van der Waals surface area contributed by atoms with Crippen LogP contribution in [-0.2, 0) is 4.79 Å². The number of hydrogen-bond acceptors (Lipinski definition) is 6. The molecule has 0 aliphatic carbocycles. The maximum atomic E-state index is 13.4. The lowest BCUT2D eigenvalue weighted by Crippen LogP contribution is -2.28. The molecular formula is C22H19N3O5. The van der Waals surface area contributed by atoms with Crippen molar-refractivity contribution in [1.29, 1.82) is 0 Å². The summed E-state index contributed by atoms with van der Waals surface area (Å²) in [7, 11) is 1.60. The average molecular weight is 405 g/mol. The third-order valence-electron chi connectivity index (χ3n) is 5.39. The number of fused-ring (bicyclic) bond motifs is 2. The Hall–Kier alpha value is -3.81. The lowest BCUT2D eigenvalue weighted by Gasteiger charge is -2.23.